The van der Waals surface area contributed by atoms with Crippen molar-refractivity contribution < 1.29 is 23.9 Å². The maximum atomic E-state index is 14.2. The Labute approximate surface area is 230 Å². The molecule has 192 valence electrons. The van der Waals surface area contributed by atoms with E-state index in [9.17, 15) is 14.4 Å². The number of hydrogen-bond acceptors (Lipinski definition) is 8. The molecule has 1 atom stereocenters. The van der Waals surface area contributed by atoms with Crippen LogP contribution in [-0.2, 0) is 23.9 Å². The highest BCUT2D eigenvalue weighted by Crippen LogP contribution is 2.56. The van der Waals surface area contributed by atoms with Gasteiger partial charge < -0.3 is 14.4 Å². The standard InChI is InChI=1S/C28H27NO5S3/c1-6-17(16-12-8-7-9-13-16)24(30)29-19-15-11-10-14-18(19)20(23(35)28(29,2)3)27-36-21(25(31)33-4)22(37-27)26(32)34-5/h7-15,17H,6H2,1-5H3/t17-/m1/s1. The second kappa shape index (κ2) is 10.8. The number of carbonyl (C=O) groups excluding carboxylic acids is 3. The highest BCUT2D eigenvalue weighted by Gasteiger charge is 2.47. The molecule has 37 heavy (non-hydrogen) atoms. The van der Waals surface area contributed by atoms with Crippen LogP contribution in [0.15, 0.2) is 68.6 Å². The molecule has 2 aromatic carbocycles. The van der Waals surface area contributed by atoms with Crippen LogP contribution in [0, 0.1) is 0 Å². The van der Waals surface area contributed by atoms with Gasteiger partial charge in [0, 0.05) is 11.1 Å². The minimum absolute atomic E-state index is 0.0343. The number of rotatable bonds is 5. The van der Waals surface area contributed by atoms with Crippen LogP contribution in [0.4, 0.5) is 5.69 Å². The Bertz CT molecular complexity index is 1320. The molecule has 2 heterocycles. The summed E-state index contributed by atoms with van der Waals surface area (Å²) in [5.74, 6) is -1.60. The van der Waals surface area contributed by atoms with Crippen molar-refractivity contribution in [3.63, 3.8) is 0 Å². The lowest BCUT2D eigenvalue weighted by Gasteiger charge is -2.46. The number of esters is 2. The second-order valence-electron chi connectivity index (χ2n) is 8.96. The van der Waals surface area contributed by atoms with Crippen LogP contribution >= 0.6 is 35.7 Å². The fourth-order valence-electron chi connectivity index (χ4n) is 4.56. The topological polar surface area (TPSA) is 72.9 Å². The summed E-state index contributed by atoms with van der Waals surface area (Å²) in [5.41, 5.74) is 2.33. The van der Waals surface area contributed by atoms with Crippen LogP contribution in [0.25, 0.3) is 5.57 Å². The first kappa shape index (κ1) is 27.2. The molecule has 0 fully saturated rings. The van der Waals surface area contributed by atoms with Crippen molar-refractivity contribution in [1.29, 1.82) is 0 Å². The fraction of sp³-hybridized carbons (Fsp3) is 0.286. The summed E-state index contributed by atoms with van der Waals surface area (Å²) < 4.78 is 10.5. The first-order valence-corrected chi connectivity index (χ1v) is 13.8. The van der Waals surface area contributed by atoms with Crippen molar-refractivity contribution >= 4 is 69.7 Å². The minimum Gasteiger partial charge on any atom is -0.465 e. The maximum Gasteiger partial charge on any atom is 0.346 e. The zero-order valence-electron chi connectivity index (χ0n) is 21.2. The smallest absolute Gasteiger partial charge is 0.346 e. The molecule has 0 unspecified atom stereocenters. The molecule has 2 aliphatic heterocycles. The molecule has 0 aromatic heterocycles. The molecule has 0 aliphatic carbocycles. The Hall–Kier alpha value is -2.88. The van der Waals surface area contributed by atoms with Gasteiger partial charge in [-0.25, -0.2) is 9.59 Å². The van der Waals surface area contributed by atoms with E-state index in [-0.39, 0.29) is 21.6 Å². The predicted octanol–water partition coefficient (Wildman–Crippen LogP) is 6.08. The van der Waals surface area contributed by atoms with Crippen LogP contribution < -0.4 is 4.90 Å². The third-order valence-electron chi connectivity index (χ3n) is 6.43. The highest BCUT2D eigenvalue weighted by atomic mass is 32.2. The van der Waals surface area contributed by atoms with E-state index in [1.807, 2.05) is 75.4 Å². The first-order valence-electron chi connectivity index (χ1n) is 11.7. The van der Waals surface area contributed by atoms with E-state index in [2.05, 4.69) is 0 Å². The number of fused-ring (bicyclic) bond motifs is 1. The van der Waals surface area contributed by atoms with Crippen molar-refractivity contribution in [3.8, 4) is 0 Å². The summed E-state index contributed by atoms with van der Waals surface area (Å²) in [6.07, 6.45) is 0.638. The Balaban J connectivity index is 1.86. The van der Waals surface area contributed by atoms with Crippen LogP contribution in [0.1, 0.15) is 44.2 Å². The zero-order valence-corrected chi connectivity index (χ0v) is 23.6. The monoisotopic (exact) mass is 553 g/mol. The second-order valence-corrected chi connectivity index (χ2v) is 11.7. The van der Waals surface area contributed by atoms with Crippen molar-refractivity contribution in [1.82, 2.24) is 0 Å². The Morgan fingerprint density at radius 2 is 1.46 bits per heavy atom. The number of anilines is 1. The molecular formula is C28H27NO5S3. The molecule has 0 saturated carbocycles. The van der Waals surface area contributed by atoms with Crippen molar-refractivity contribution in [2.24, 2.45) is 0 Å². The van der Waals surface area contributed by atoms with Gasteiger partial charge in [-0.3, -0.25) is 4.79 Å². The Morgan fingerprint density at radius 1 is 0.919 bits per heavy atom. The van der Waals surface area contributed by atoms with Crippen LogP contribution in [-0.4, -0.2) is 42.5 Å². The Kier molecular flexibility index (Phi) is 7.96. The average Bonchev–Trinajstić information content (AvgIpc) is 3.34. The summed E-state index contributed by atoms with van der Waals surface area (Å²) >= 11 is 8.33. The quantitative estimate of drug-likeness (QED) is 0.251. The molecule has 0 N–H and O–H groups in total. The summed E-state index contributed by atoms with van der Waals surface area (Å²) in [6, 6.07) is 17.4. The van der Waals surface area contributed by atoms with Gasteiger partial charge >= 0.3 is 11.9 Å². The number of hydrogen-bond donors (Lipinski definition) is 0. The minimum atomic E-state index is -0.855. The number of benzene rings is 2. The zero-order chi connectivity index (χ0) is 26.9. The number of amides is 1. The predicted molar refractivity (Wildman–Crippen MR) is 153 cm³/mol. The molecule has 9 heteroatoms. The van der Waals surface area contributed by atoms with Gasteiger partial charge in [0.1, 0.15) is 9.81 Å². The van der Waals surface area contributed by atoms with E-state index < -0.39 is 17.5 Å². The van der Waals surface area contributed by atoms with E-state index in [0.717, 1.165) is 45.9 Å². The van der Waals surface area contributed by atoms with Gasteiger partial charge in [-0.1, -0.05) is 91.2 Å². The largest absolute Gasteiger partial charge is 0.465 e. The lowest BCUT2D eigenvalue weighted by Crippen LogP contribution is -2.57. The number of nitrogens with zero attached hydrogens (tertiary/aromatic N) is 1. The van der Waals surface area contributed by atoms with Crippen LogP contribution in [0.2, 0.25) is 0 Å². The van der Waals surface area contributed by atoms with Gasteiger partial charge in [0.25, 0.3) is 0 Å². The summed E-state index contributed by atoms with van der Waals surface area (Å²) in [6.45, 7) is 5.87. The number of methoxy groups -OCH3 is 2. The van der Waals surface area contributed by atoms with Gasteiger partial charge in [-0.15, -0.1) is 0 Å². The molecule has 1 amide bonds. The lowest BCUT2D eigenvalue weighted by atomic mass is 9.81. The van der Waals surface area contributed by atoms with Crippen molar-refractivity contribution in [2.75, 3.05) is 19.1 Å². The van der Waals surface area contributed by atoms with Gasteiger partial charge in [0.05, 0.1) is 40.5 Å². The molecule has 4 rings (SSSR count). The molecule has 0 bridgehead atoms. The summed E-state index contributed by atoms with van der Waals surface area (Å²) in [5, 5.41) is 0. The molecule has 2 aromatic rings. The van der Waals surface area contributed by atoms with Crippen LogP contribution in [0.5, 0.6) is 0 Å². The van der Waals surface area contributed by atoms with E-state index >= 15 is 0 Å². The third-order valence-corrected chi connectivity index (χ3v) is 9.69. The van der Waals surface area contributed by atoms with E-state index in [4.69, 9.17) is 21.7 Å². The molecule has 0 spiro atoms. The fourth-order valence-corrected chi connectivity index (χ4v) is 7.59. The summed E-state index contributed by atoms with van der Waals surface area (Å²) in [4.78, 5) is 41.8. The summed E-state index contributed by atoms with van der Waals surface area (Å²) in [7, 11) is 2.54. The van der Waals surface area contributed by atoms with Gasteiger partial charge in [-0.05, 0) is 31.9 Å². The number of ether oxygens (including phenoxy) is 2. The first-order chi connectivity index (χ1) is 17.7. The van der Waals surface area contributed by atoms with Gasteiger partial charge in [-0.2, -0.15) is 0 Å². The van der Waals surface area contributed by atoms with E-state index in [1.54, 1.807) is 4.90 Å². The number of thioether (sulfide) groups is 2. The molecule has 2 aliphatic rings. The molecule has 6 nitrogen and oxygen atoms in total. The number of carbonyl (C=O) groups is 3. The molecular weight excluding hydrogens is 527 g/mol. The third kappa shape index (κ3) is 4.76. The van der Waals surface area contributed by atoms with Gasteiger partial charge in [0.2, 0.25) is 5.91 Å². The van der Waals surface area contributed by atoms with Crippen molar-refractivity contribution in [3.05, 3.63) is 79.8 Å². The van der Waals surface area contributed by atoms with E-state index in [0.29, 0.717) is 15.5 Å². The average molecular weight is 554 g/mol. The molecule has 0 saturated heterocycles. The van der Waals surface area contributed by atoms with Gasteiger partial charge in [0.15, 0.2) is 0 Å². The van der Waals surface area contributed by atoms with Crippen LogP contribution in [0.3, 0.4) is 0 Å². The van der Waals surface area contributed by atoms with E-state index in [1.165, 1.54) is 14.2 Å². The SMILES string of the molecule is CC[C@@H](C(=O)N1c2ccccc2C(=C2SC(C(=O)OC)=C(C(=O)OC)S2)C(=S)C1(C)C)c1ccccc1. The number of para-hydroxylation sites is 1. The lowest BCUT2D eigenvalue weighted by molar-refractivity contribution is -0.138. The maximum absolute atomic E-state index is 14.2. The van der Waals surface area contributed by atoms with Crippen molar-refractivity contribution in [2.45, 2.75) is 38.6 Å². The Morgan fingerprint density at radius 3 is 2.00 bits per heavy atom. The molecule has 0 radical (unpaired) electrons. The normalized spacial score (nSPS) is 17.4. The number of thiocarbonyl (C=S) groups is 1. The highest BCUT2D eigenvalue weighted by molar-refractivity contribution is 8.29.